The van der Waals surface area contributed by atoms with Crippen molar-refractivity contribution in [2.24, 2.45) is 0 Å². The molecule has 0 spiro atoms. The minimum atomic E-state index is 0.0692. The van der Waals surface area contributed by atoms with Crippen molar-refractivity contribution >= 4 is 17.4 Å². The Kier molecular flexibility index (Phi) is 4.14. The number of carbonyl (C=O) groups excluding carboxylic acids is 1. The molecule has 0 amide bonds. The lowest BCUT2D eigenvalue weighted by Gasteiger charge is -2.06. The summed E-state index contributed by atoms with van der Waals surface area (Å²) in [5.41, 5.74) is 0.485. The Hall–Kier alpha value is -1.53. The van der Waals surface area contributed by atoms with Crippen LogP contribution in [0.3, 0.4) is 0 Å². The number of nitriles is 1. The maximum absolute atomic E-state index is 10.7. The monoisotopic (exact) mass is 223 g/mol. The molecule has 3 nitrogen and oxygen atoms in total. The molecule has 0 atom stereocenters. The van der Waals surface area contributed by atoms with E-state index >= 15 is 0 Å². The Balaban J connectivity index is 2.63. The van der Waals surface area contributed by atoms with E-state index < -0.39 is 0 Å². The van der Waals surface area contributed by atoms with Gasteiger partial charge in [0.15, 0.2) is 0 Å². The van der Waals surface area contributed by atoms with E-state index in [0.29, 0.717) is 29.4 Å². The van der Waals surface area contributed by atoms with Gasteiger partial charge in [-0.05, 0) is 25.1 Å². The summed E-state index contributed by atoms with van der Waals surface area (Å²) in [4.78, 5) is 10.7. The summed E-state index contributed by atoms with van der Waals surface area (Å²) in [7, 11) is 0. The lowest BCUT2D eigenvalue weighted by Crippen LogP contribution is -2.02. The molecule has 0 aliphatic carbocycles. The second kappa shape index (κ2) is 5.38. The van der Waals surface area contributed by atoms with Crippen molar-refractivity contribution in [1.82, 2.24) is 0 Å². The molecule has 0 saturated heterocycles. The van der Waals surface area contributed by atoms with Crippen LogP contribution < -0.4 is 4.74 Å². The van der Waals surface area contributed by atoms with Gasteiger partial charge in [0.1, 0.15) is 11.5 Å². The predicted octanol–water partition coefficient (Wildman–Crippen LogP) is 2.57. The van der Waals surface area contributed by atoms with E-state index in [1.165, 1.54) is 13.0 Å². The molecular formula is C11H10ClNO2. The number of Topliss-reactive ketones (excluding diaryl/α,β-unsaturated/α-hetero) is 1. The van der Waals surface area contributed by atoms with Gasteiger partial charge in [-0.1, -0.05) is 11.6 Å². The van der Waals surface area contributed by atoms with Gasteiger partial charge in [-0.3, -0.25) is 4.79 Å². The van der Waals surface area contributed by atoms with E-state index in [2.05, 4.69) is 0 Å². The van der Waals surface area contributed by atoms with Crippen LogP contribution in [0, 0.1) is 11.3 Å². The Bertz CT molecular complexity index is 410. The highest BCUT2D eigenvalue weighted by atomic mass is 35.5. The summed E-state index contributed by atoms with van der Waals surface area (Å²) >= 11 is 5.86. The van der Waals surface area contributed by atoms with E-state index in [4.69, 9.17) is 21.6 Å². The Morgan fingerprint density at radius 2 is 2.33 bits per heavy atom. The smallest absolute Gasteiger partial charge is 0.137 e. The minimum absolute atomic E-state index is 0.0692. The summed E-state index contributed by atoms with van der Waals surface area (Å²) in [5.74, 6) is 0.566. The Labute approximate surface area is 93.2 Å². The zero-order valence-electron chi connectivity index (χ0n) is 8.29. The van der Waals surface area contributed by atoms with Gasteiger partial charge < -0.3 is 4.74 Å². The van der Waals surface area contributed by atoms with Crippen LogP contribution in [0.4, 0.5) is 0 Å². The molecule has 0 aromatic heterocycles. The largest absolute Gasteiger partial charge is 0.492 e. The second-order valence-corrected chi connectivity index (χ2v) is 3.46. The Morgan fingerprint density at radius 1 is 1.60 bits per heavy atom. The van der Waals surface area contributed by atoms with E-state index in [0.717, 1.165) is 0 Å². The summed E-state index contributed by atoms with van der Waals surface area (Å²) in [6.45, 7) is 1.81. The number of hydrogen-bond donors (Lipinski definition) is 0. The normalized spacial score (nSPS) is 9.40. The third-order valence-corrected chi connectivity index (χ3v) is 2.07. The zero-order valence-corrected chi connectivity index (χ0v) is 9.04. The molecule has 15 heavy (non-hydrogen) atoms. The summed E-state index contributed by atoms with van der Waals surface area (Å²) in [5, 5.41) is 8.99. The highest BCUT2D eigenvalue weighted by Gasteiger charge is 2.03. The minimum Gasteiger partial charge on any atom is -0.492 e. The number of carbonyl (C=O) groups is 1. The molecule has 1 aromatic rings. The maximum atomic E-state index is 10.7. The van der Waals surface area contributed by atoms with Gasteiger partial charge >= 0.3 is 0 Å². The molecule has 0 heterocycles. The fourth-order valence-electron chi connectivity index (χ4n) is 0.992. The topological polar surface area (TPSA) is 50.1 Å². The molecule has 4 heteroatoms. The van der Waals surface area contributed by atoms with E-state index in [1.54, 1.807) is 12.1 Å². The van der Waals surface area contributed by atoms with Crippen LogP contribution in [-0.4, -0.2) is 12.4 Å². The lowest BCUT2D eigenvalue weighted by atomic mass is 10.2. The second-order valence-electron chi connectivity index (χ2n) is 3.06. The van der Waals surface area contributed by atoms with Crippen molar-refractivity contribution < 1.29 is 9.53 Å². The quantitative estimate of drug-likeness (QED) is 0.788. The molecule has 1 rings (SSSR count). The average Bonchev–Trinajstić information content (AvgIpc) is 2.20. The third kappa shape index (κ3) is 3.61. The van der Waals surface area contributed by atoms with Crippen molar-refractivity contribution in [3.63, 3.8) is 0 Å². The fourth-order valence-corrected chi connectivity index (χ4v) is 1.23. The number of ether oxygens (including phenoxy) is 1. The van der Waals surface area contributed by atoms with Crippen LogP contribution in [0.2, 0.25) is 5.02 Å². The first-order chi connectivity index (χ1) is 7.13. The van der Waals surface area contributed by atoms with Crippen molar-refractivity contribution in [3.05, 3.63) is 28.8 Å². The molecule has 0 saturated carbocycles. The van der Waals surface area contributed by atoms with Gasteiger partial charge in [0.25, 0.3) is 0 Å². The number of rotatable bonds is 4. The first-order valence-corrected chi connectivity index (χ1v) is 4.83. The molecule has 78 valence electrons. The summed E-state index contributed by atoms with van der Waals surface area (Å²) in [6.07, 6.45) is 0.357. The first-order valence-electron chi connectivity index (χ1n) is 4.45. The lowest BCUT2D eigenvalue weighted by molar-refractivity contribution is -0.117. The number of ketones is 1. The van der Waals surface area contributed by atoms with E-state index in [1.807, 2.05) is 6.07 Å². The highest BCUT2D eigenvalue weighted by molar-refractivity contribution is 6.32. The Morgan fingerprint density at radius 3 is 2.87 bits per heavy atom. The summed E-state index contributed by atoms with van der Waals surface area (Å²) < 4.78 is 5.28. The van der Waals surface area contributed by atoms with Gasteiger partial charge in [0.2, 0.25) is 0 Å². The van der Waals surface area contributed by atoms with Crippen LogP contribution in [-0.2, 0) is 4.79 Å². The van der Waals surface area contributed by atoms with Crippen LogP contribution in [0.1, 0.15) is 18.9 Å². The van der Waals surface area contributed by atoms with Crippen LogP contribution >= 0.6 is 11.6 Å². The number of benzene rings is 1. The molecule has 0 bridgehead atoms. The standard InChI is InChI=1S/C11H10ClNO2/c1-8(14)4-5-15-11-3-2-9(7-13)6-10(11)12/h2-3,6H,4-5H2,1H3. The predicted molar refractivity (Wildman–Crippen MR) is 57.0 cm³/mol. The van der Waals surface area contributed by atoms with Crippen LogP contribution in [0.25, 0.3) is 0 Å². The molecule has 0 fully saturated rings. The van der Waals surface area contributed by atoms with Gasteiger partial charge in [-0.2, -0.15) is 5.26 Å². The number of hydrogen-bond acceptors (Lipinski definition) is 3. The van der Waals surface area contributed by atoms with Gasteiger partial charge in [0, 0.05) is 6.42 Å². The van der Waals surface area contributed by atoms with E-state index in [9.17, 15) is 4.79 Å². The molecule has 0 unspecified atom stereocenters. The molecule has 0 N–H and O–H groups in total. The van der Waals surface area contributed by atoms with Crippen LogP contribution in [0.15, 0.2) is 18.2 Å². The van der Waals surface area contributed by atoms with Crippen molar-refractivity contribution in [1.29, 1.82) is 5.26 Å². The molecular weight excluding hydrogens is 214 g/mol. The van der Waals surface area contributed by atoms with Crippen molar-refractivity contribution in [2.45, 2.75) is 13.3 Å². The SMILES string of the molecule is CC(=O)CCOc1ccc(C#N)cc1Cl. The zero-order chi connectivity index (χ0) is 11.3. The van der Waals surface area contributed by atoms with Gasteiger partial charge in [-0.15, -0.1) is 0 Å². The fraction of sp³-hybridized carbons (Fsp3) is 0.273. The molecule has 1 aromatic carbocycles. The van der Waals surface area contributed by atoms with Gasteiger partial charge in [0.05, 0.1) is 23.3 Å². The summed E-state index contributed by atoms with van der Waals surface area (Å²) in [6, 6.07) is 6.75. The molecule has 0 radical (unpaired) electrons. The molecule has 0 aliphatic rings. The number of halogens is 1. The van der Waals surface area contributed by atoms with Gasteiger partial charge in [-0.25, -0.2) is 0 Å². The molecule has 0 aliphatic heterocycles. The average molecular weight is 224 g/mol. The number of nitrogens with zero attached hydrogens (tertiary/aromatic N) is 1. The highest BCUT2D eigenvalue weighted by Crippen LogP contribution is 2.25. The maximum Gasteiger partial charge on any atom is 0.137 e. The van der Waals surface area contributed by atoms with E-state index in [-0.39, 0.29) is 5.78 Å². The third-order valence-electron chi connectivity index (χ3n) is 1.77. The van der Waals surface area contributed by atoms with Crippen molar-refractivity contribution in [3.8, 4) is 11.8 Å². The first kappa shape index (κ1) is 11.5. The van der Waals surface area contributed by atoms with Crippen molar-refractivity contribution in [2.75, 3.05) is 6.61 Å². The van der Waals surface area contributed by atoms with Crippen LogP contribution in [0.5, 0.6) is 5.75 Å².